The number of rotatable bonds is 5. The fourth-order valence-electron chi connectivity index (χ4n) is 4.09. The first kappa shape index (κ1) is 20.7. The van der Waals surface area contributed by atoms with E-state index in [0.29, 0.717) is 33.7 Å². The van der Waals surface area contributed by atoms with Crippen LogP contribution in [0.3, 0.4) is 0 Å². The highest BCUT2D eigenvalue weighted by atomic mass is 16.5. The number of aryl methyl sites for hydroxylation is 1. The molecule has 3 heterocycles. The van der Waals surface area contributed by atoms with Gasteiger partial charge in [0.1, 0.15) is 17.0 Å². The lowest BCUT2D eigenvalue weighted by Crippen LogP contribution is -2.28. The third kappa shape index (κ3) is 3.60. The quantitative estimate of drug-likeness (QED) is 0.460. The molecule has 0 radical (unpaired) electrons. The minimum Gasteiger partial charge on any atom is -0.457 e. The summed E-state index contributed by atoms with van der Waals surface area (Å²) in [6.45, 7) is -0.0678. The average Bonchev–Trinajstić information content (AvgIpc) is 3.44. The van der Waals surface area contributed by atoms with Gasteiger partial charge in [0.25, 0.3) is 5.56 Å². The molecule has 8 heteroatoms. The Morgan fingerprint density at radius 3 is 2.39 bits per heavy atom. The van der Waals surface area contributed by atoms with Crippen molar-refractivity contribution in [3.05, 3.63) is 76.8 Å². The van der Waals surface area contributed by atoms with E-state index in [1.54, 1.807) is 61.9 Å². The van der Waals surface area contributed by atoms with Crippen LogP contribution in [0.2, 0.25) is 0 Å². The van der Waals surface area contributed by atoms with Crippen LogP contribution in [-0.4, -0.2) is 26.5 Å². The predicted octanol–water partition coefficient (Wildman–Crippen LogP) is 3.47. The molecule has 2 aromatic heterocycles. The monoisotopic (exact) mass is 443 g/mol. The highest BCUT2D eigenvalue weighted by molar-refractivity contribution is 6.20. The van der Waals surface area contributed by atoms with Gasteiger partial charge in [0, 0.05) is 48.8 Å². The number of amides is 2. The number of carbonyl (C=O) groups is 2. The number of nitrogens with zero attached hydrogens (tertiary/aromatic N) is 2. The second-order valence-electron chi connectivity index (χ2n) is 7.93. The van der Waals surface area contributed by atoms with Crippen LogP contribution in [0, 0.1) is 0 Å². The van der Waals surface area contributed by atoms with Crippen LogP contribution in [0.4, 0.5) is 5.69 Å². The minimum absolute atomic E-state index is 0.0678. The fraction of sp³-hybridized carbons (Fsp3) is 0.160. The zero-order valence-electron chi connectivity index (χ0n) is 17.9. The van der Waals surface area contributed by atoms with Crippen molar-refractivity contribution in [2.24, 2.45) is 7.05 Å². The van der Waals surface area contributed by atoms with E-state index in [2.05, 4.69) is 4.98 Å². The van der Waals surface area contributed by atoms with Gasteiger partial charge in [0.05, 0.1) is 12.3 Å². The predicted molar refractivity (Wildman–Crippen MR) is 123 cm³/mol. The molecule has 0 aliphatic carbocycles. The molecule has 2 N–H and O–H groups in total. The number of pyridine rings is 1. The summed E-state index contributed by atoms with van der Waals surface area (Å²) in [4.78, 5) is 41.4. The first-order valence-electron chi connectivity index (χ1n) is 10.5. The molecule has 2 amide bonds. The number of ether oxygens (including phenoxy) is 1. The van der Waals surface area contributed by atoms with E-state index in [4.69, 9.17) is 4.74 Å². The number of nitrogens with one attached hydrogen (secondary N) is 1. The molecule has 166 valence electrons. The van der Waals surface area contributed by atoms with Crippen LogP contribution in [0.15, 0.2) is 65.7 Å². The molecule has 33 heavy (non-hydrogen) atoms. The lowest BCUT2D eigenvalue weighted by atomic mass is 10.0. The highest BCUT2D eigenvalue weighted by Gasteiger charge is 2.31. The van der Waals surface area contributed by atoms with Crippen molar-refractivity contribution in [1.82, 2.24) is 9.55 Å². The van der Waals surface area contributed by atoms with Crippen LogP contribution in [-0.2, 0) is 23.2 Å². The summed E-state index contributed by atoms with van der Waals surface area (Å²) in [6.07, 6.45) is 3.78. The molecule has 1 fully saturated rings. The van der Waals surface area contributed by atoms with Gasteiger partial charge in [0.15, 0.2) is 0 Å². The molecule has 2 aromatic carbocycles. The molecule has 1 aliphatic heterocycles. The first-order chi connectivity index (χ1) is 16.0. The number of hydrogen-bond acceptors (Lipinski definition) is 5. The maximum absolute atomic E-state index is 12.6. The molecular formula is C25H21N3O5. The van der Waals surface area contributed by atoms with Gasteiger partial charge in [-0.2, -0.15) is 0 Å². The average molecular weight is 443 g/mol. The number of fused-ring (bicyclic) bond motifs is 1. The maximum Gasteiger partial charge on any atom is 0.274 e. The maximum atomic E-state index is 12.6. The largest absolute Gasteiger partial charge is 0.457 e. The molecular weight excluding hydrogens is 422 g/mol. The summed E-state index contributed by atoms with van der Waals surface area (Å²) in [5, 5.41) is 9.99. The number of aliphatic hydroxyl groups is 1. The van der Waals surface area contributed by atoms with Crippen LogP contribution >= 0.6 is 0 Å². The van der Waals surface area contributed by atoms with E-state index in [-0.39, 0.29) is 36.8 Å². The van der Waals surface area contributed by atoms with E-state index < -0.39 is 0 Å². The Balaban J connectivity index is 1.69. The smallest absolute Gasteiger partial charge is 0.274 e. The van der Waals surface area contributed by atoms with Gasteiger partial charge < -0.3 is 19.4 Å². The molecule has 0 saturated carbocycles. The summed E-state index contributed by atoms with van der Waals surface area (Å²) in [5.74, 6) is 0.568. The number of aliphatic hydroxyl groups excluding tert-OH is 1. The SMILES string of the molecule is Cn1cc(-c2cc(N3C(=O)CCC3=O)ccc2Oc2ccc(CO)cc2)c2cc[nH]c2c1=O. The van der Waals surface area contributed by atoms with Gasteiger partial charge in [-0.25, -0.2) is 0 Å². The Labute approximate surface area is 188 Å². The minimum atomic E-state index is -0.244. The topological polar surface area (TPSA) is 105 Å². The van der Waals surface area contributed by atoms with Crippen LogP contribution in [0.25, 0.3) is 22.0 Å². The molecule has 0 bridgehead atoms. The van der Waals surface area contributed by atoms with Crippen molar-refractivity contribution in [1.29, 1.82) is 0 Å². The molecule has 8 nitrogen and oxygen atoms in total. The molecule has 0 atom stereocenters. The zero-order valence-corrected chi connectivity index (χ0v) is 17.9. The van der Waals surface area contributed by atoms with Gasteiger partial charge in [0.2, 0.25) is 11.8 Å². The van der Waals surface area contributed by atoms with Crippen molar-refractivity contribution in [2.45, 2.75) is 19.4 Å². The van der Waals surface area contributed by atoms with Crippen LogP contribution in [0.5, 0.6) is 11.5 Å². The third-order valence-corrected chi connectivity index (χ3v) is 5.79. The van der Waals surface area contributed by atoms with E-state index in [0.717, 1.165) is 11.1 Å². The Bertz CT molecular complexity index is 1430. The van der Waals surface area contributed by atoms with Crippen molar-refractivity contribution < 1.29 is 19.4 Å². The number of anilines is 1. The Morgan fingerprint density at radius 1 is 0.970 bits per heavy atom. The number of aromatic nitrogens is 2. The molecule has 4 aromatic rings. The molecule has 1 saturated heterocycles. The summed E-state index contributed by atoms with van der Waals surface area (Å²) in [7, 11) is 1.66. The molecule has 0 unspecified atom stereocenters. The first-order valence-corrected chi connectivity index (χ1v) is 10.5. The lowest BCUT2D eigenvalue weighted by Gasteiger charge is -2.19. The van der Waals surface area contributed by atoms with Crippen molar-refractivity contribution in [3.63, 3.8) is 0 Å². The second kappa shape index (κ2) is 8.07. The van der Waals surface area contributed by atoms with Crippen molar-refractivity contribution in [3.8, 4) is 22.6 Å². The normalized spacial score (nSPS) is 13.8. The Morgan fingerprint density at radius 2 is 1.70 bits per heavy atom. The number of benzene rings is 2. The van der Waals surface area contributed by atoms with Gasteiger partial charge in [-0.3, -0.25) is 19.3 Å². The standard InChI is InChI=1S/C25H21N3O5/c1-27-13-20(18-10-11-26-24(18)25(27)32)19-12-16(28-22(30)8-9-23(28)31)4-7-21(19)33-17-5-2-15(14-29)3-6-17/h2-7,10-13,26,29H,8-9,14H2,1H3. The summed E-state index contributed by atoms with van der Waals surface area (Å²) in [6, 6.07) is 14.0. The van der Waals surface area contributed by atoms with Crippen LogP contribution < -0.4 is 15.2 Å². The third-order valence-electron chi connectivity index (χ3n) is 5.79. The number of H-pyrrole nitrogens is 1. The van der Waals surface area contributed by atoms with Gasteiger partial charge >= 0.3 is 0 Å². The van der Waals surface area contributed by atoms with E-state index >= 15 is 0 Å². The summed E-state index contributed by atoms with van der Waals surface area (Å²) < 4.78 is 7.64. The molecule has 5 rings (SSSR count). The number of imide groups is 1. The van der Waals surface area contributed by atoms with Gasteiger partial charge in [-0.05, 0) is 42.0 Å². The zero-order chi connectivity index (χ0) is 23.1. The summed E-state index contributed by atoms with van der Waals surface area (Å²) in [5.41, 5.74) is 2.85. The van der Waals surface area contributed by atoms with E-state index in [1.807, 2.05) is 6.07 Å². The van der Waals surface area contributed by atoms with E-state index in [9.17, 15) is 19.5 Å². The molecule has 0 spiro atoms. The number of aromatic amines is 1. The van der Waals surface area contributed by atoms with Crippen LogP contribution in [0.1, 0.15) is 18.4 Å². The fourth-order valence-corrected chi connectivity index (χ4v) is 4.09. The summed E-state index contributed by atoms with van der Waals surface area (Å²) >= 11 is 0. The molecule has 1 aliphatic rings. The Hall–Kier alpha value is -4.17. The Kier molecular flexibility index (Phi) is 5.07. The van der Waals surface area contributed by atoms with Crippen molar-refractivity contribution >= 4 is 28.4 Å². The van der Waals surface area contributed by atoms with Gasteiger partial charge in [-0.15, -0.1) is 0 Å². The van der Waals surface area contributed by atoms with Gasteiger partial charge in [-0.1, -0.05) is 12.1 Å². The highest BCUT2D eigenvalue weighted by Crippen LogP contribution is 2.39. The second-order valence-corrected chi connectivity index (χ2v) is 7.93. The number of hydrogen-bond donors (Lipinski definition) is 2. The van der Waals surface area contributed by atoms with Crippen molar-refractivity contribution in [2.75, 3.05) is 4.90 Å². The van der Waals surface area contributed by atoms with E-state index in [1.165, 1.54) is 9.47 Å². The number of carbonyl (C=O) groups excluding carboxylic acids is 2. The lowest BCUT2D eigenvalue weighted by molar-refractivity contribution is -0.121.